The van der Waals surface area contributed by atoms with Gasteiger partial charge in [0.05, 0.1) is 11.1 Å². The molecular weight excluding hydrogens is 1010 g/mol. The summed E-state index contributed by atoms with van der Waals surface area (Å²) in [4.78, 5) is 2.62. The Balaban J connectivity index is 0.876. The Labute approximate surface area is 486 Å². The monoisotopic (exact) mass is 1070 g/mol. The second kappa shape index (κ2) is 15.6. The van der Waals surface area contributed by atoms with E-state index in [1.807, 2.05) is 0 Å². The van der Waals surface area contributed by atoms with Gasteiger partial charge in [0.2, 0.25) is 0 Å². The van der Waals surface area contributed by atoms with Crippen LogP contribution in [0, 0.1) is 0 Å². The average Bonchev–Trinajstić information content (AvgIpc) is 1.44. The van der Waals surface area contributed by atoms with Gasteiger partial charge in [0.1, 0.15) is 17.1 Å². The van der Waals surface area contributed by atoms with Crippen molar-refractivity contribution in [1.82, 2.24) is 0 Å². The van der Waals surface area contributed by atoms with Crippen LogP contribution in [0.25, 0.3) is 55.5 Å². The zero-order valence-electron chi connectivity index (χ0n) is 48.4. The Morgan fingerprint density at radius 2 is 0.880 bits per heavy atom. The quantitative estimate of drug-likeness (QED) is 0.172. The maximum atomic E-state index is 7.47. The molecule has 0 bridgehead atoms. The van der Waals surface area contributed by atoms with Crippen molar-refractivity contribution < 1.29 is 9.15 Å². The molecule has 1 saturated carbocycles. The van der Waals surface area contributed by atoms with Crippen LogP contribution in [0.5, 0.6) is 5.75 Å². The second-order valence-corrected chi connectivity index (χ2v) is 27.0. The van der Waals surface area contributed by atoms with E-state index in [9.17, 15) is 0 Å². The first-order valence-electron chi connectivity index (χ1n) is 30.0. The van der Waals surface area contributed by atoms with E-state index in [0.717, 1.165) is 47.0 Å². The number of anilines is 3. The molecule has 10 aromatic rings. The normalized spacial score (nSPS) is 22.0. The number of fused-ring (bicyclic) bond motifs is 15. The van der Waals surface area contributed by atoms with Crippen molar-refractivity contribution in [2.45, 2.75) is 101 Å². The van der Waals surface area contributed by atoms with Crippen LogP contribution < -0.4 is 9.64 Å². The molecule has 0 N–H and O–H groups in total. The highest BCUT2D eigenvalue weighted by Gasteiger charge is 2.83. The van der Waals surface area contributed by atoms with E-state index >= 15 is 0 Å². The number of hydrogen-bond acceptors (Lipinski definition) is 3. The van der Waals surface area contributed by atoms with Crippen LogP contribution in [-0.4, -0.2) is 5.60 Å². The van der Waals surface area contributed by atoms with Crippen molar-refractivity contribution in [2.24, 2.45) is 0 Å². The number of rotatable bonds is 5. The zero-order chi connectivity index (χ0) is 55.9. The summed E-state index contributed by atoms with van der Waals surface area (Å²) in [6.07, 6.45) is 1.80. The van der Waals surface area contributed by atoms with Crippen LogP contribution >= 0.6 is 0 Å². The van der Waals surface area contributed by atoms with Gasteiger partial charge in [-0.15, -0.1) is 0 Å². The van der Waals surface area contributed by atoms with E-state index in [-0.39, 0.29) is 27.1 Å². The fourth-order valence-corrected chi connectivity index (χ4v) is 17.8. The van der Waals surface area contributed by atoms with Crippen molar-refractivity contribution in [1.29, 1.82) is 0 Å². The van der Waals surface area contributed by atoms with Crippen molar-refractivity contribution in [3.63, 3.8) is 0 Å². The molecule has 3 nitrogen and oxygen atoms in total. The highest BCUT2D eigenvalue weighted by atomic mass is 16.5. The second-order valence-electron chi connectivity index (χ2n) is 27.0. The third-order valence-electron chi connectivity index (χ3n) is 21.7. The lowest BCUT2D eigenvalue weighted by Gasteiger charge is -2.38. The van der Waals surface area contributed by atoms with Gasteiger partial charge in [0.15, 0.2) is 5.60 Å². The summed E-state index contributed by atoms with van der Waals surface area (Å²) in [5, 5.41) is 1.18. The highest BCUT2D eigenvalue weighted by Crippen LogP contribution is 2.83. The molecule has 0 spiro atoms. The van der Waals surface area contributed by atoms with Crippen LogP contribution in [-0.2, 0) is 27.1 Å². The summed E-state index contributed by atoms with van der Waals surface area (Å²) in [6.45, 7) is 19.8. The Morgan fingerprint density at radius 3 is 1.58 bits per heavy atom. The topological polar surface area (TPSA) is 25.6 Å². The maximum Gasteiger partial charge on any atom is 0.150 e. The molecule has 0 radical (unpaired) electrons. The minimum atomic E-state index is -0.460. The van der Waals surface area contributed by atoms with Crippen LogP contribution in [0.4, 0.5) is 17.1 Å². The van der Waals surface area contributed by atoms with Crippen molar-refractivity contribution >= 4 is 50.3 Å². The molecule has 2 unspecified atom stereocenters. The fraction of sp³-hybridized carbons (Fsp3) is 0.200. The first-order chi connectivity index (χ1) is 40.2. The summed E-state index contributed by atoms with van der Waals surface area (Å²) < 4.78 is 14.7. The molecule has 1 aromatic heterocycles. The molecule has 2 heterocycles. The minimum Gasteiger partial charge on any atom is -0.481 e. The van der Waals surface area contributed by atoms with E-state index in [0.29, 0.717) is 0 Å². The summed E-state index contributed by atoms with van der Waals surface area (Å²) in [7, 11) is 0. The van der Waals surface area contributed by atoms with E-state index in [1.165, 1.54) is 128 Å². The van der Waals surface area contributed by atoms with Crippen molar-refractivity contribution in [3.8, 4) is 28.0 Å². The molecule has 0 amide bonds. The fourth-order valence-electron chi connectivity index (χ4n) is 17.8. The van der Waals surface area contributed by atoms with Gasteiger partial charge in [-0.3, -0.25) is 0 Å². The lowest BCUT2D eigenvalue weighted by atomic mass is 9.65. The number of nitrogens with zero attached hydrogens (tertiary/aromatic N) is 1. The minimum absolute atomic E-state index is 0.175. The van der Waals surface area contributed by atoms with Gasteiger partial charge >= 0.3 is 0 Å². The standard InChI is InChI=1S/C80H63NO2/c1-75(2)57-33-18-15-28-52(57)66-62(75)44-63-67(74-68(66)56-30-17-21-36-64(56)82-74)53-40-38-48(42-60(53)76(63,3)4)81(73-50(46-24-11-9-12-25-46)31-23-32-51(73)47-26-13-10-14-27-47)49-39-41-55-61(43-49)78(7,8)71-69(55)79-45-80(79,83-65-37-22-20-35-59(65)79)70-54-29-16-19-34-58(54)77(5,6)72(70)71/h9-43H,44-45H2,1-8H3. The van der Waals surface area contributed by atoms with E-state index in [1.54, 1.807) is 0 Å². The van der Waals surface area contributed by atoms with Crippen molar-refractivity contribution in [3.05, 3.63) is 296 Å². The van der Waals surface area contributed by atoms with Crippen LogP contribution in [0.3, 0.4) is 0 Å². The molecule has 2 atom stereocenters. The molecule has 9 aromatic carbocycles. The lowest BCUT2D eigenvalue weighted by Crippen LogP contribution is -2.35. The summed E-state index contributed by atoms with van der Waals surface area (Å²) in [5.74, 6) is 2.02. The van der Waals surface area contributed by atoms with E-state index in [4.69, 9.17) is 9.15 Å². The van der Waals surface area contributed by atoms with Gasteiger partial charge < -0.3 is 14.1 Å². The molecular formula is C80H63NO2. The number of ether oxygens (including phenoxy) is 1. The van der Waals surface area contributed by atoms with Gasteiger partial charge in [-0.1, -0.05) is 231 Å². The first-order valence-corrected chi connectivity index (χ1v) is 30.0. The summed E-state index contributed by atoms with van der Waals surface area (Å²) >= 11 is 0. The van der Waals surface area contributed by atoms with Gasteiger partial charge in [-0.25, -0.2) is 0 Å². The molecule has 83 heavy (non-hydrogen) atoms. The number of allylic oxidation sites excluding steroid dienone is 4. The number of benzene rings is 9. The Bertz CT molecular complexity index is 4700. The highest BCUT2D eigenvalue weighted by molar-refractivity contribution is 6.11. The van der Waals surface area contributed by atoms with Crippen molar-refractivity contribution in [2.75, 3.05) is 4.90 Å². The van der Waals surface area contributed by atoms with Crippen LogP contribution in [0.15, 0.2) is 239 Å². The number of para-hydroxylation sites is 3. The Kier molecular flexibility index (Phi) is 8.96. The van der Waals surface area contributed by atoms with Crippen LogP contribution in [0.1, 0.15) is 130 Å². The molecule has 3 heteroatoms. The predicted molar refractivity (Wildman–Crippen MR) is 340 cm³/mol. The van der Waals surface area contributed by atoms with Gasteiger partial charge in [0.25, 0.3) is 0 Å². The first kappa shape index (κ1) is 47.7. The number of furan rings is 1. The Morgan fingerprint density at radius 1 is 0.386 bits per heavy atom. The molecule has 1 aliphatic heterocycles. The summed E-state index contributed by atoms with van der Waals surface area (Å²) in [6, 6.07) is 79.9. The molecule has 8 aliphatic rings. The molecule has 7 aliphatic carbocycles. The zero-order valence-corrected chi connectivity index (χ0v) is 48.4. The molecule has 400 valence electrons. The predicted octanol–water partition coefficient (Wildman–Crippen LogP) is 20.1. The SMILES string of the molecule is CC1(C)C2=C(c3ccc(N(c4ccc5c(c4)C(C)(C)C4=C5C56CC5(Oc5ccccc56)C5=C4C(C)(C)c4ccccc45)c4c(-c5ccccc5)cccc4-c4ccccc4)cc31)c1oc3ccccc3c1C1=C(C2)C(C)(C)c2ccccc21. The van der Waals surface area contributed by atoms with Crippen LogP contribution in [0.2, 0.25) is 0 Å². The Hall–Kier alpha value is -8.92. The largest absolute Gasteiger partial charge is 0.481 e. The third-order valence-corrected chi connectivity index (χ3v) is 21.7. The third kappa shape index (κ3) is 5.67. The van der Waals surface area contributed by atoms with Gasteiger partial charge in [0, 0.05) is 78.2 Å². The smallest absolute Gasteiger partial charge is 0.150 e. The van der Waals surface area contributed by atoms with Gasteiger partial charge in [-0.2, -0.15) is 0 Å². The van der Waals surface area contributed by atoms with E-state index in [2.05, 4.69) is 273 Å². The van der Waals surface area contributed by atoms with Gasteiger partial charge in [-0.05, 0) is 132 Å². The number of hydrogen-bond donors (Lipinski definition) is 0. The lowest BCUT2D eigenvalue weighted by molar-refractivity contribution is 0.245. The molecule has 1 fully saturated rings. The maximum absolute atomic E-state index is 7.47. The molecule has 18 rings (SSSR count). The van der Waals surface area contributed by atoms with E-state index < -0.39 is 5.60 Å². The average molecular weight is 1070 g/mol. The summed E-state index contributed by atoms with van der Waals surface area (Å²) in [5.41, 5.74) is 31.8. The molecule has 0 saturated heterocycles.